The molecule has 2 rings (SSSR count). The van der Waals surface area contributed by atoms with E-state index in [0.29, 0.717) is 28.9 Å². The van der Waals surface area contributed by atoms with Crippen LogP contribution in [0.15, 0.2) is 36.7 Å². The number of para-hydroxylation sites is 1. The lowest BCUT2D eigenvalue weighted by atomic mass is 10.3. The van der Waals surface area contributed by atoms with Crippen LogP contribution < -0.4 is 10.1 Å². The van der Waals surface area contributed by atoms with Gasteiger partial charge in [0.25, 0.3) is 0 Å². The maximum absolute atomic E-state index is 9.85. The van der Waals surface area contributed by atoms with Gasteiger partial charge in [-0.25, -0.2) is 0 Å². The van der Waals surface area contributed by atoms with Crippen molar-refractivity contribution in [3.8, 4) is 5.75 Å². The van der Waals surface area contributed by atoms with Crippen LogP contribution >= 0.6 is 23.2 Å². The van der Waals surface area contributed by atoms with Crippen molar-refractivity contribution in [3.05, 3.63) is 46.7 Å². The summed E-state index contributed by atoms with van der Waals surface area (Å²) in [5.74, 6) is 0.399. The van der Waals surface area contributed by atoms with Crippen molar-refractivity contribution in [2.45, 2.75) is 12.6 Å². The van der Waals surface area contributed by atoms with Gasteiger partial charge in [0.05, 0.1) is 16.6 Å². The molecule has 0 saturated heterocycles. The predicted octanol–water partition coefficient (Wildman–Crippen LogP) is 2.22. The molecule has 7 heteroatoms. The summed E-state index contributed by atoms with van der Waals surface area (Å²) in [6.45, 7) is 2.00. The number of aromatic nitrogens is 2. The van der Waals surface area contributed by atoms with E-state index >= 15 is 0 Å². The topological polar surface area (TPSA) is 59.3 Å². The van der Waals surface area contributed by atoms with E-state index in [2.05, 4.69) is 10.4 Å². The van der Waals surface area contributed by atoms with Gasteiger partial charge in [0.2, 0.25) is 0 Å². The third kappa shape index (κ3) is 5.21. The van der Waals surface area contributed by atoms with Crippen molar-refractivity contribution in [2.75, 3.05) is 19.7 Å². The Morgan fingerprint density at radius 1 is 1.29 bits per heavy atom. The van der Waals surface area contributed by atoms with Gasteiger partial charge < -0.3 is 15.2 Å². The summed E-state index contributed by atoms with van der Waals surface area (Å²) < 4.78 is 7.28. The molecule has 2 N–H and O–H groups in total. The molecule has 21 heavy (non-hydrogen) atoms. The molecule has 2 aromatic rings. The van der Waals surface area contributed by atoms with Crippen molar-refractivity contribution in [1.29, 1.82) is 0 Å². The number of rotatable bonds is 8. The van der Waals surface area contributed by atoms with E-state index in [1.165, 1.54) is 0 Å². The Labute approximate surface area is 133 Å². The van der Waals surface area contributed by atoms with E-state index in [1.54, 1.807) is 24.4 Å². The summed E-state index contributed by atoms with van der Waals surface area (Å²) in [5, 5.41) is 17.9. The monoisotopic (exact) mass is 329 g/mol. The lowest BCUT2D eigenvalue weighted by molar-refractivity contribution is 0.106. The highest BCUT2D eigenvalue weighted by atomic mass is 35.5. The fraction of sp³-hybridized carbons (Fsp3) is 0.357. The van der Waals surface area contributed by atoms with Gasteiger partial charge in [-0.05, 0) is 18.2 Å². The smallest absolute Gasteiger partial charge is 0.156 e. The van der Waals surface area contributed by atoms with Crippen LogP contribution in [0.5, 0.6) is 5.75 Å². The van der Waals surface area contributed by atoms with Crippen molar-refractivity contribution in [1.82, 2.24) is 15.1 Å². The lowest BCUT2D eigenvalue weighted by Crippen LogP contribution is -2.33. The van der Waals surface area contributed by atoms with E-state index in [4.69, 9.17) is 27.9 Å². The molecule has 0 aliphatic rings. The van der Waals surface area contributed by atoms with Gasteiger partial charge in [-0.2, -0.15) is 5.10 Å². The molecular formula is C14H17Cl2N3O2. The highest BCUT2D eigenvalue weighted by molar-refractivity contribution is 6.37. The van der Waals surface area contributed by atoms with E-state index in [-0.39, 0.29) is 6.61 Å². The Morgan fingerprint density at radius 2 is 2.05 bits per heavy atom. The zero-order chi connectivity index (χ0) is 15.1. The van der Waals surface area contributed by atoms with Crippen LogP contribution in [0.25, 0.3) is 0 Å². The lowest BCUT2D eigenvalue weighted by Gasteiger charge is -2.15. The van der Waals surface area contributed by atoms with Crippen LogP contribution in [-0.4, -0.2) is 40.7 Å². The largest absolute Gasteiger partial charge is 0.488 e. The van der Waals surface area contributed by atoms with Crippen LogP contribution in [0.2, 0.25) is 10.0 Å². The molecule has 1 unspecified atom stereocenters. The molecule has 114 valence electrons. The molecule has 1 aromatic heterocycles. The third-order valence-electron chi connectivity index (χ3n) is 2.80. The zero-order valence-corrected chi connectivity index (χ0v) is 12.9. The molecular weight excluding hydrogens is 313 g/mol. The Hall–Kier alpha value is -1.27. The van der Waals surface area contributed by atoms with E-state index < -0.39 is 6.10 Å². The SMILES string of the molecule is OC(CNCCn1cccn1)COc1c(Cl)cccc1Cl. The van der Waals surface area contributed by atoms with Crippen LogP contribution in [-0.2, 0) is 6.54 Å². The molecule has 0 spiro atoms. The summed E-state index contributed by atoms with van der Waals surface area (Å²) in [7, 11) is 0. The van der Waals surface area contributed by atoms with Gasteiger partial charge in [-0.3, -0.25) is 4.68 Å². The number of halogens is 2. The first-order valence-corrected chi connectivity index (χ1v) is 7.35. The van der Waals surface area contributed by atoms with Gasteiger partial charge in [0.15, 0.2) is 5.75 Å². The van der Waals surface area contributed by atoms with Crippen LogP contribution in [0, 0.1) is 0 Å². The predicted molar refractivity (Wildman–Crippen MR) is 83.1 cm³/mol. The fourth-order valence-electron chi connectivity index (χ4n) is 1.75. The molecule has 0 aliphatic heterocycles. The van der Waals surface area contributed by atoms with Crippen molar-refractivity contribution >= 4 is 23.2 Å². The number of aliphatic hydroxyl groups is 1. The van der Waals surface area contributed by atoms with Gasteiger partial charge in [-0.15, -0.1) is 0 Å². The second-order valence-corrected chi connectivity index (χ2v) is 5.30. The molecule has 1 atom stereocenters. The summed E-state index contributed by atoms with van der Waals surface area (Å²) >= 11 is 12.0. The first-order valence-electron chi connectivity index (χ1n) is 6.60. The Balaban J connectivity index is 1.66. The maximum atomic E-state index is 9.85. The van der Waals surface area contributed by atoms with E-state index in [0.717, 1.165) is 6.54 Å². The minimum absolute atomic E-state index is 0.123. The maximum Gasteiger partial charge on any atom is 0.156 e. The second-order valence-electron chi connectivity index (χ2n) is 4.49. The molecule has 0 bridgehead atoms. The quantitative estimate of drug-likeness (QED) is 0.729. The molecule has 5 nitrogen and oxygen atoms in total. The highest BCUT2D eigenvalue weighted by Gasteiger charge is 2.10. The summed E-state index contributed by atoms with van der Waals surface area (Å²) in [6, 6.07) is 7.00. The number of hydrogen-bond donors (Lipinski definition) is 2. The third-order valence-corrected chi connectivity index (χ3v) is 3.39. The number of hydrogen-bond acceptors (Lipinski definition) is 4. The normalized spacial score (nSPS) is 12.3. The summed E-state index contributed by atoms with van der Waals surface area (Å²) in [5.41, 5.74) is 0. The standard InChI is InChI=1S/C14H17Cl2N3O2/c15-12-3-1-4-13(16)14(12)21-10-11(20)9-17-6-8-19-7-2-5-18-19/h1-5,7,11,17,20H,6,8-10H2. The number of nitrogens with one attached hydrogen (secondary N) is 1. The van der Waals surface area contributed by atoms with E-state index in [1.807, 2.05) is 16.9 Å². The summed E-state index contributed by atoms with van der Waals surface area (Å²) in [6.07, 6.45) is 2.98. The van der Waals surface area contributed by atoms with Crippen LogP contribution in [0.1, 0.15) is 0 Å². The first kappa shape index (κ1) is 16.1. The average Bonchev–Trinajstić information content (AvgIpc) is 2.96. The average molecular weight is 330 g/mol. The van der Waals surface area contributed by atoms with E-state index in [9.17, 15) is 5.11 Å². The van der Waals surface area contributed by atoms with Gasteiger partial charge >= 0.3 is 0 Å². The van der Waals surface area contributed by atoms with Gasteiger partial charge in [0.1, 0.15) is 12.7 Å². The van der Waals surface area contributed by atoms with Crippen LogP contribution in [0.4, 0.5) is 0 Å². The fourth-order valence-corrected chi connectivity index (χ4v) is 2.26. The van der Waals surface area contributed by atoms with Gasteiger partial charge in [-0.1, -0.05) is 29.3 Å². The molecule has 0 aliphatic carbocycles. The molecule has 0 radical (unpaired) electrons. The zero-order valence-electron chi connectivity index (χ0n) is 11.4. The molecule has 1 heterocycles. The molecule has 0 saturated carbocycles. The number of benzene rings is 1. The first-order chi connectivity index (χ1) is 10.2. The molecule has 1 aromatic carbocycles. The van der Waals surface area contributed by atoms with Gasteiger partial charge in [0, 0.05) is 25.5 Å². The van der Waals surface area contributed by atoms with Crippen molar-refractivity contribution < 1.29 is 9.84 Å². The van der Waals surface area contributed by atoms with Crippen LogP contribution in [0.3, 0.4) is 0 Å². The number of nitrogens with zero attached hydrogens (tertiary/aromatic N) is 2. The molecule has 0 amide bonds. The Kier molecular flexibility index (Phi) is 6.32. The van der Waals surface area contributed by atoms with Crippen molar-refractivity contribution in [3.63, 3.8) is 0 Å². The Bertz CT molecular complexity index is 529. The Morgan fingerprint density at radius 3 is 2.71 bits per heavy atom. The minimum atomic E-state index is -0.644. The minimum Gasteiger partial charge on any atom is -0.488 e. The molecule has 0 fully saturated rings. The summed E-state index contributed by atoms with van der Waals surface area (Å²) in [4.78, 5) is 0. The number of ether oxygens (including phenoxy) is 1. The second kappa shape index (κ2) is 8.24. The highest BCUT2D eigenvalue weighted by Crippen LogP contribution is 2.32. The van der Waals surface area contributed by atoms with Crippen molar-refractivity contribution in [2.24, 2.45) is 0 Å². The number of aliphatic hydroxyl groups excluding tert-OH is 1.